The quantitative estimate of drug-likeness (QED) is 0.624. The second-order valence-corrected chi connectivity index (χ2v) is 4.04. The number of aliphatic hydroxyl groups is 2. The number of hydrogen-bond acceptors (Lipinski definition) is 4. The molecule has 2 N–H and O–H groups in total. The number of nitrogens with zero attached hydrogens (tertiary/aromatic N) is 1. The maximum Gasteiger partial charge on any atom is 0.194 e. The van der Waals surface area contributed by atoms with Crippen LogP contribution in [-0.4, -0.2) is 28.3 Å². The minimum absolute atomic E-state index is 0.393. The number of rotatable bonds is 5. The van der Waals surface area contributed by atoms with Gasteiger partial charge in [-0.15, -0.1) is 0 Å². The van der Waals surface area contributed by atoms with Gasteiger partial charge in [-0.25, -0.2) is 0 Å². The molecule has 0 aromatic heterocycles. The summed E-state index contributed by atoms with van der Waals surface area (Å²) in [5.41, 5.74) is 0.877. The van der Waals surface area contributed by atoms with Crippen LogP contribution in [0.25, 0.3) is 0 Å². The van der Waals surface area contributed by atoms with Crippen LogP contribution in [-0.2, 0) is 0 Å². The predicted octanol–water partition coefficient (Wildman–Crippen LogP) is 2.16. The molecular weight excluding hydrogens is 234 g/mol. The molecule has 102 valence electrons. The number of aliphatic hydroxyl groups excluding tert-OH is 2. The highest BCUT2D eigenvalue weighted by Gasteiger charge is 2.12. The van der Waals surface area contributed by atoms with Gasteiger partial charge in [0, 0.05) is 11.3 Å². The van der Waals surface area contributed by atoms with Crippen molar-refractivity contribution in [2.45, 2.75) is 38.4 Å². The number of benzene rings is 1. The zero-order valence-electron chi connectivity index (χ0n) is 10.8. The van der Waals surface area contributed by atoms with E-state index in [4.69, 9.17) is 10.1 Å². The number of hydrogen-bond donors (Lipinski definition) is 2. The molecule has 0 aliphatic rings. The normalized spacial score (nSPS) is 13.1. The maximum atomic E-state index is 9.76. The first-order valence-electron chi connectivity index (χ1n) is 5.96. The minimum Gasteiger partial charge on any atom is -0.393 e. The molecule has 0 radical (unpaired) electrons. The summed E-state index contributed by atoms with van der Waals surface area (Å²) in [6, 6.07) is 9.46. The maximum absolute atomic E-state index is 9.76. The fourth-order valence-electron chi connectivity index (χ4n) is 1.52. The van der Waals surface area contributed by atoms with Crippen LogP contribution in [0.15, 0.2) is 30.3 Å². The van der Waals surface area contributed by atoms with Gasteiger partial charge in [0.25, 0.3) is 0 Å². The van der Waals surface area contributed by atoms with Crippen LogP contribution in [0, 0.1) is 10.1 Å². The molecule has 0 saturated heterocycles. The van der Waals surface area contributed by atoms with Crippen LogP contribution >= 0.6 is 0 Å². The Balaban J connectivity index is 0.000000631. The van der Waals surface area contributed by atoms with Gasteiger partial charge in [-0.3, -0.25) is 10.1 Å². The first-order chi connectivity index (χ1) is 8.47. The van der Waals surface area contributed by atoms with Gasteiger partial charge in [-0.1, -0.05) is 43.7 Å². The van der Waals surface area contributed by atoms with Crippen LogP contribution in [0.2, 0.25) is 0 Å². The summed E-state index contributed by atoms with van der Waals surface area (Å²) in [6.07, 6.45) is 1.19. The lowest BCUT2D eigenvalue weighted by molar-refractivity contribution is -0.445. The summed E-state index contributed by atoms with van der Waals surface area (Å²) < 4.78 is 0. The molecule has 0 amide bonds. The Hall–Kier alpha value is -1.46. The molecule has 1 aromatic carbocycles. The highest BCUT2D eigenvalue weighted by atomic mass is 16.6. The van der Waals surface area contributed by atoms with Crippen molar-refractivity contribution in [1.82, 2.24) is 0 Å². The van der Waals surface area contributed by atoms with E-state index in [-0.39, 0.29) is 0 Å². The van der Waals surface area contributed by atoms with E-state index in [2.05, 4.69) is 0 Å². The molecule has 0 aliphatic heterocycles. The fourth-order valence-corrected chi connectivity index (χ4v) is 1.52. The Labute approximate surface area is 107 Å². The van der Waals surface area contributed by atoms with Crippen LogP contribution in [0.3, 0.4) is 0 Å². The van der Waals surface area contributed by atoms with Gasteiger partial charge < -0.3 is 10.2 Å². The summed E-state index contributed by atoms with van der Waals surface area (Å²) in [5, 5.41) is 28.1. The summed E-state index contributed by atoms with van der Waals surface area (Å²) in [4.78, 5) is 8.31. The van der Waals surface area contributed by atoms with Gasteiger partial charge in [-0.2, -0.15) is 0 Å². The Morgan fingerprint density at radius 3 is 2.22 bits per heavy atom. The lowest BCUT2D eigenvalue weighted by Gasteiger charge is -2.15. The van der Waals surface area contributed by atoms with Gasteiger partial charge in [-0.05, 0) is 12.0 Å². The van der Waals surface area contributed by atoms with E-state index >= 15 is 0 Å². The smallest absolute Gasteiger partial charge is 0.194 e. The van der Waals surface area contributed by atoms with E-state index in [9.17, 15) is 10.2 Å². The van der Waals surface area contributed by atoms with Crippen molar-refractivity contribution in [1.29, 1.82) is 0 Å². The summed E-state index contributed by atoms with van der Waals surface area (Å²) >= 11 is 0. The van der Waals surface area contributed by atoms with Crippen molar-refractivity contribution in [2.24, 2.45) is 0 Å². The fraction of sp³-hybridized carbons (Fsp3) is 0.538. The van der Waals surface area contributed by atoms with E-state index in [1.807, 2.05) is 37.3 Å². The molecule has 2 atom stereocenters. The molecular formula is C13H21NO4. The molecule has 0 heterocycles. The molecule has 0 fully saturated rings. The Kier molecular flexibility index (Phi) is 8.78. The minimum atomic E-state index is -0.544. The van der Waals surface area contributed by atoms with E-state index in [0.29, 0.717) is 6.42 Å². The van der Waals surface area contributed by atoms with Gasteiger partial charge in [0.15, 0.2) is 7.05 Å². The molecule has 5 heteroatoms. The first kappa shape index (κ1) is 16.5. The third-order valence-corrected chi connectivity index (χ3v) is 2.30. The van der Waals surface area contributed by atoms with Gasteiger partial charge in [0.2, 0.25) is 0 Å². The third-order valence-electron chi connectivity index (χ3n) is 2.30. The van der Waals surface area contributed by atoms with Crippen molar-refractivity contribution in [3.8, 4) is 0 Å². The second kappa shape index (κ2) is 9.56. The summed E-state index contributed by atoms with van der Waals surface area (Å²) in [7, 11) is 0.889. The van der Waals surface area contributed by atoms with E-state index in [0.717, 1.165) is 25.5 Å². The van der Waals surface area contributed by atoms with E-state index < -0.39 is 17.1 Å². The SMILES string of the molecule is CCCC(O)CC(O)c1ccccc1.C[N+](=O)[O-]. The molecule has 0 bridgehead atoms. The summed E-state index contributed by atoms with van der Waals surface area (Å²) in [6.45, 7) is 2.03. The van der Waals surface area contributed by atoms with Gasteiger partial charge in [0.05, 0.1) is 12.2 Å². The van der Waals surface area contributed by atoms with E-state index in [1.165, 1.54) is 0 Å². The molecule has 0 saturated carbocycles. The number of nitro groups is 1. The lowest BCUT2D eigenvalue weighted by Crippen LogP contribution is -2.11. The standard InChI is InChI=1S/C12H18O2.CH3NO2/c1-2-6-11(13)9-12(14)10-7-4-3-5-8-10;1-2(3)4/h3-5,7-8,11-14H,2,6,9H2,1H3;1H3. The lowest BCUT2D eigenvalue weighted by atomic mass is 10.0. The van der Waals surface area contributed by atoms with Crippen molar-refractivity contribution < 1.29 is 15.1 Å². The van der Waals surface area contributed by atoms with Crippen LogP contribution in [0.1, 0.15) is 37.9 Å². The molecule has 5 nitrogen and oxygen atoms in total. The second-order valence-electron chi connectivity index (χ2n) is 4.04. The molecule has 0 spiro atoms. The molecule has 1 rings (SSSR count). The zero-order valence-corrected chi connectivity index (χ0v) is 10.8. The molecule has 2 unspecified atom stereocenters. The van der Waals surface area contributed by atoms with Crippen LogP contribution in [0.5, 0.6) is 0 Å². The Bertz CT molecular complexity index is 325. The Morgan fingerprint density at radius 2 is 1.78 bits per heavy atom. The monoisotopic (exact) mass is 255 g/mol. The van der Waals surface area contributed by atoms with E-state index in [1.54, 1.807) is 0 Å². The van der Waals surface area contributed by atoms with Crippen LogP contribution < -0.4 is 0 Å². The topological polar surface area (TPSA) is 83.6 Å². The average Bonchev–Trinajstić information content (AvgIpc) is 2.29. The zero-order chi connectivity index (χ0) is 14.0. The summed E-state index contributed by atoms with van der Waals surface area (Å²) in [5.74, 6) is 0. The van der Waals surface area contributed by atoms with Crippen molar-refractivity contribution in [2.75, 3.05) is 7.05 Å². The van der Waals surface area contributed by atoms with Crippen molar-refractivity contribution >= 4 is 0 Å². The first-order valence-corrected chi connectivity index (χ1v) is 5.96. The highest BCUT2D eigenvalue weighted by Crippen LogP contribution is 2.19. The van der Waals surface area contributed by atoms with Crippen molar-refractivity contribution in [3.63, 3.8) is 0 Å². The third kappa shape index (κ3) is 8.66. The largest absolute Gasteiger partial charge is 0.393 e. The molecule has 18 heavy (non-hydrogen) atoms. The van der Waals surface area contributed by atoms with Gasteiger partial charge in [0.1, 0.15) is 0 Å². The average molecular weight is 255 g/mol. The van der Waals surface area contributed by atoms with Gasteiger partial charge >= 0.3 is 0 Å². The molecule has 0 aliphatic carbocycles. The predicted molar refractivity (Wildman–Crippen MR) is 69.9 cm³/mol. The van der Waals surface area contributed by atoms with Crippen molar-refractivity contribution in [3.05, 3.63) is 46.0 Å². The van der Waals surface area contributed by atoms with Crippen LogP contribution in [0.4, 0.5) is 0 Å². The highest BCUT2D eigenvalue weighted by molar-refractivity contribution is 5.17. The molecule has 1 aromatic rings. The Morgan fingerprint density at radius 1 is 1.28 bits per heavy atom.